The molecule has 1 rings (SSSR count). The molecule has 0 aliphatic heterocycles. The second-order valence-electron chi connectivity index (χ2n) is 4.03. The molecular weight excluding hydrogens is 176 g/mol. The van der Waals surface area contributed by atoms with Crippen molar-refractivity contribution in [1.29, 1.82) is 0 Å². The van der Waals surface area contributed by atoms with E-state index < -0.39 is 0 Å². The van der Waals surface area contributed by atoms with Crippen LogP contribution in [-0.4, -0.2) is 14.9 Å². The molecule has 0 aliphatic carbocycles. The van der Waals surface area contributed by atoms with Crippen molar-refractivity contribution in [3.63, 3.8) is 0 Å². The standard InChI is InChI=1S/C11H20N2O/c1-4-5-9(2)8-11(14)10-6-7-12-13(10)3/h6-7,9,11,14H,4-5,8H2,1-3H3. The highest BCUT2D eigenvalue weighted by Gasteiger charge is 2.14. The van der Waals surface area contributed by atoms with Crippen molar-refractivity contribution in [2.75, 3.05) is 0 Å². The summed E-state index contributed by atoms with van der Waals surface area (Å²) in [4.78, 5) is 0. The molecule has 0 bridgehead atoms. The largest absolute Gasteiger partial charge is 0.387 e. The molecule has 1 heterocycles. The van der Waals surface area contributed by atoms with Crippen molar-refractivity contribution in [2.45, 2.75) is 39.2 Å². The minimum Gasteiger partial charge on any atom is -0.387 e. The van der Waals surface area contributed by atoms with E-state index in [4.69, 9.17) is 0 Å². The number of aromatic nitrogens is 2. The summed E-state index contributed by atoms with van der Waals surface area (Å²) in [6, 6.07) is 1.88. The minimum atomic E-state index is -0.371. The number of aliphatic hydroxyl groups excluding tert-OH is 1. The molecule has 0 aliphatic rings. The Balaban J connectivity index is 2.50. The Hall–Kier alpha value is -0.830. The Labute approximate surface area is 85.8 Å². The average Bonchev–Trinajstić information content (AvgIpc) is 2.51. The summed E-state index contributed by atoms with van der Waals surface area (Å²) in [5, 5.41) is 14.0. The molecule has 0 amide bonds. The zero-order chi connectivity index (χ0) is 10.6. The van der Waals surface area contributed by atoms with Gasteiger partial charge in [0.1, 0.15) is 0 Å². The van der Waals surface area contributed by atoms with Gasteiger partial charge in [0.15, 0.2) is 0 Å². The first-order valence-corrected chi connectivity index (χ1v) is 5.31. The SMILES string of the molecule is CCCC(C)CC(O)c1ccnn1C. The lowest BCUT2D eigenvalue weighted by Crippen LogP contribution is -2.09. The molecule has 0 spiro atoms. The van der Waals surface area contributed by atoms with Crippen LogP contribution in [0.3, 0.4) is 0 Å². The quantitative estimate of drug-likeness (QED) is 0.784. The summed E-state index contributed by atoms with van der Waals surface area (Å²) in [6.07, 6.45) is 4.54. The van der Waals surface area contributed by atoms with Gasteiger partial charge in [-0.1, -0.05) is 26.7 Å². The molecule has 2 atom stereocenters. The Morgan fingerprint density at radius 1 is 1.57 bits per heavy atom. The van der Waals surface area contributed by atoms with Crippen molar-refractivity contribution in [2.24, 2.45) is 13.0 Å². The second-order valence-corrected chi connectivity index (χ2v) is 4.03. The van der Waals surface area contributed by atoms with Crippen LogP contribution in [0.5, 0.6) is 0 Å². The fraction of sp³-hybridized carbons (Fsp3) is 0.727. The van der Waals surface area contributed by atoms with Gasteiger partial charge in [-0.15, -0.1) is 0 Å². The summed E-state index contributed by atoms with van der Waals surface area (Å²) in [7, 11) is 1.86. The van der Waals surface area contributed by atoms with Crippen molar-refractivity contribution in [3.05, 3.63) is 18.0 Å². The monoisotopic (exact) mass is 196 g/mol. The van der Waals surface area contributed by atoms with Gasteiger partial charge in [0.25, 0.3) is 0 Å². The molecule has 2 unspecified atom stereocenters. The molecule has 3 heteroatoms. The van der Waals surface area contributed by atoms with Gasteiger partial charge in [0.05, 0.1) is 11.8 Å². The molecule has 80 valence electrons. The van der Waals surface area contributed by atoms with E-state index in [0.29, 0.717) is 5.92 Å². The number of nitrogens with zero attached hydrogens (tertiary/aromatic N) is 2. The number of aryl methyl sites for hydroxylation is 1. The van der Waals surface area contributed by atoms with Gasteiger partial charge in [-0.2, -0.15) is 5.10 Å². The zero-order valence-corrected chi connectivity index (χ0v) is 9.27. The molecule has 3 nitrogen and oxygen atoms in total. The maximum Gasteiger partial charge on any atom is 0.0959 e. The van der Waals surface area contributed by atoms with E-state index >= 15 is 0 Å². The van der Waals surface area contributed by atoms with Crippen LogP contribution in [-0.2, 0) is 7.05 Å². The fourth-order valence-electron chi connectivity index (χ4n) is 1.82. The van der Waals surface area contributed by atoms with Gasteiger partial charge in [0, 0.05) is 13.2 Å². The molecular formula is C11H20N2O. The van der Waals surface area contributed by atoms with Crippen LogP contribution in [0.4, 0.5) is 0 Å². The topological polar surface area (TPSA) is 38.1 Å². The summed E-state index contributed by atoms with van der Waals surface area (Å²) in [5.41, 5.74) is 0.910. The summed E-state index contributed by atoms with van der Waals surface area (Å²) in [6.45, 7) is 4.36. The summed E-state index contributed by atoms with van der Waals surface area (Å²) >= 11 is 0. The third-order valence-electron chi connectivity index (χ3n) is 2.61. The molecule has 0 fully saturated rings. The van der Waals surface area contributed by atoms with Gasteiger partial charge in [-0.05, 0) is 18.4 Å². The lowest BCUT2D eigenvalue weighted by molar-refractivity contribution is 0.136. The molecule has 0 saturated carbocycles. The van der Waals surface area contributed by atoms with Crippen LogP contribution < -0.4 is 0 Å². The van der Waals surface area contributed by atoms with Crippen LogP contribution in [0.15, 0.2) is 12.3 Å². The molecule has 0 aromatic carbocycles. The highest BCUT2D eigenvalue weighted by Crippen LogP contribution is 2.22. The van der Waals surface area contributed by atoms with E-state index in [2.05, 4.69) is 18.9 Å². The van der Waals surface area contributed by atoms with Crippen LogP contribution >= 0.6 is 0 Å². The number of aliphatic hydroxyl groups is 1. The van der Waals surface area contributed by atoms with Crippen LogP contribution in [0.1, 0.15) is 44.9 Å². The van der Waals surface area contributed by atoms with Crippen molar-refractivity contribution in [3.8, 4) is 0 Å². The molecule has 0 saturated heterocycles. The zero-order valence-electron chi connectivity index (χ0n) is 9.27. The van der Waals surface area contributed by atoms with Gasteiger partial charge < -0.3 is 5.11 Å². The first-order chi connectivity index (χ1) is 6.65. The summed E-state index contributed by atoms with van der Waals surface area (Å²) in [5.74, 6) is 0.574. The lowest BCUT2D eigenvalue weighted by atomic mass is 9.97. The second kappa shape index (κ2) is 5.15. The molecule has 1 N–H and O–H groups in total. The number of hydrogen-bond acceptors (Lipinski definition) is 2. The van der Waals surface area contributed by atoms with Gasteiger partial charge in [-0.3, -0.25) is 4.68 Å². The van der Waals surface area contributed by atoms with Crippen LogP contribution in [0.2, 0.25) is 0 Å². The molecule has 1 aromatic rings. The predicted octanol–water partition coefficient (Wildman–Crippen LogP) is 2.28. The minimum absolute atomic E-state index is 0.371. The normalized spacial score (nSPS) is 15.4. The molecule has 1 aromatic heterocycles. The fourth-order valence-corrected chi connectivity index (χ4v) is 1.82. The van der Waals surface area contributed by atoms with E-state index in [-0.39, 0.29) is 6.10 Å². The van der Waals surface area contributed by atoms with Crippen molar-refractivity contribution in [1.82, 2.24) is 9.78 Å². The number of hydrogen-bond donors (Lipinski definition) is 1. The lowest BCUT2D eigenvalue weighted by Gasteiger charge is -2.15. The van der Waals surface area contributed by atoms with E-state index in [9.17, 15) is 5.11 Å². The van der Waals surface area contributed by atoms with Crippen molar-refractivity contribution >= 4 is 0 Å². The van der Waals surface area contributed by atoms with Crippen LogP contribution in [0.25, 0.3) is 0 Å². The van der Waals surface area contributed by atoms with E-state index in [1.807, 2.05) is 13.1 Å². The maximum absolute atomic E-state index is 9.93. The average molecular weight is 196 g/mol. The molecule has 14 heavy (non-hydrogen) atoms. The Kier molecular flexibility index (Phi) is 4.14. The van der Waals surface area contributed by atoms with Gasteiger partial charge in [-0.25, -0.2) is 0 Å². The van der Waals surface area contributed by atoms with E-state index in [1.54, 1.807) is 10.9 Å². The Morgan fingerprint density at radius 3 is 2.79 bits per heavy atom. The first kappa shape index (κ1) is 11.2. The molecule has 0 radical (unpaired) electrons. The first-order valence-electron chi connectivity index (χ1n) is 5.31. The Bertz CT molecular complexity index is 270. The predicted molar refractivity (Wildman–Crippen MR) is 56.9 cm³/mol. The van der Waals surface area contributed by atoms with E-state index in [1.165, 1.54) is 12.8 Å². The highest BCUT2D eigenvalue weighted by atomic mass is 16.3. The summed E-state index contributed by atoms with van der Waals surface area (Å²) < 4.78 is 1.74. The maximum atomic E-state index is 9.93. The van der Waals surface area contributed by atoms with E-state index in [0.717, 1.165) is 12.1 Å². The highest BCUT2D eigenvalue weighted by molar-refractivity contribution is 5.03. The third kappa shape index (κ3) is 2.84. The third-order valence-corrected chi connectivity index (χ3v) is 2.61. The van der Waals surface area contributed by atoms with Gasteiger partial charge >= 0.3 is 0 Å². The smallest absolute Gasteiger partial charge is 0.0959 e. The number of rotatable bonds is 5. The Morgan fingerprint density at radius 2 is 2.29 bits per heavy atom. The van der Waals surface area contributed by atoms with Crippen molar-refractivity contribution < 1.29 is 5.11 Å². The van der Waals surface area contributed by atoms with Crippen LogP contribution in [0, 0.1) is 5.92 Å². The van der Waals surface area contributed by atoms with Gasteiger partial charge in [0.2, 0.25) is 0 Å².